The van der Waals surface area contributed by atoms with Crippen molar-refractivity contribution in [1.82, 2.24) is 0 Å². The van der Waals surface area contributed by atoms with Crippen LogP contribution in [0.1, 0.15) is 0 Å². The number of anilines is 1. The number of hydrogen-bond donors (Lipinski definition) is 2. The predicted octanol–water partition coefficient (Wildman–Crippen LogP) is 1.08. The lowest BCUT2D eigenvalue weighted by molar-refractivity contribution is 0.349. The molecule has 3 N–H and O–H groups in total. The van der Waals surface area contributed by atoms with Gasteiger partial charge in [-0.15, -0.1) is 0 Å². The Kier molecular flexibility index (Phi) is 4.72. The van der Waals surface area contributed by atoms with E-state index in [1.54, 1.807) is 27.4 Å². The summed E-state index contributed by atoms with van der Waals surface area (Å²) in [5, 5.41) is 3.15. The fourth-order valence-corrected chi connectivity index (χ4v) is 1.37. The minimum atomic E-state index is 0.553. The number of hydrogen-bond acceptors (Lipinski definition) is 5. The lowest BCUT2D eigenvalue weighted by atomic mass is 10.2. The van der Waals surface area contributed by atoms with Crippen molar-refractivity contribution < 1.29 is 14.2 Å². The van der Waals surface area contributed by atoms with E-state index in [1.807, 2.05) is 6.07 Å². The van der Waals surface area contributed by atoms with E-state index < -0.39 is 0 Å². The first kappa shape index (κ1) is 12.4. The van der Waals surface area contributed by atoms with Gasteiger partial charge in [-0.25, -0.2) is 0 Å². The molecule has 0 radical (unpaired) electrons. The van der Waals surface area contributed by atoms with Crippen molar-refractivity contribution in [3.8, 4) is 17.2 Å². The number of rotatable bonds is 6. The normalized spacial score (nSPS) is 9.75. The molecule has 0 aliphatic rings. The molecular weight excluding hydrogens is 208 g/mol. The van der Waals surface area contributed by atoms with Gasteiger partial charge in [0.2, 0.25) is 0 Å². The summed E-state index contributed by atoms with van der Waals surface area (Å²) >= 11 is 0. The average Bonchev–Trinajstić information content (AvgIpc) is 2.35. The summed E-state index contributed by atoms with van der Waals surface area (Å²) in [6, 6.07) is 3.60. The van der Waals surface area contributed by atoms with E-state index in [1.165, 1.54) is 0 Å². The molecule has 0 atom stereocenters. The summed E-state index contributed by atoms with van der Waals surface area (Å²) < 4.78 is 15.6. The zero-order chi connectivity index (χ0) is 12.0. The molecule has 1 aromatic rings. The molecule has 5 nitrogen and oxygen atoms in total. The molecule has 0 saturated heterocycles. The fourth-order valence-electron chi connectivity index (χ4n) is 1.37. The van der Waals surface area contributed by atoms with E-state index in [0.717, 1.165) is 5.69 Å². The first-order valence-electron chi connectivity index (χ1n) is 5.00. The Balaban J connectivity index is 3.05. The Morgan fingerprint density at radius 2 is 1.56 bits per heavy atom. The number of nitrogens with one attached hydrogen (secondary N) is 1. The van der Waals surface area contributed by atoms with Gasteiger partial charge in [0.1, 0.15) is 5.75 Å². The summed E-state index contributed by atoms with van der Waals surface area (Å²) in [4.78, 5) is 0. The smallest absolute Gasteiger partial charge is 0.164 e. The number of nitrogens with two attached hydrogens (primary N) is 1. The lowest BCUT2D eigenvalue weighted by Crippen LogP contribution is -2.13. The van der Waals surface area contributed by atoms with Crippen LogP contribution in [0.5, 0.6) is 17.2 Å². The third-order valence-electron chi connectivity index (χ3n) is 2.17. The van der Waals surface area contributed by atoms with Crippen molar-refractivity contribution >= 4 is 5.69 Å². The highest BCUT2D eigenvalue weighted by molar-refractivity contribution is 5.64. The van der Waals surface area contributed by atoms with Crippen LogP contribution in [0.25, 0.3) is 0 Å². The van der Waals surface area contributed by atoms with Crippen molar-refractivity contribution in [2.45, 2.75) is 0 Å². The zero-order valence-corrected chi connectivity index (χ0v) is 9.87. The molecule has 0 heterocycles. The van der Waals surface area contributed by atoms with Crippen molar-refractivity contribution in [1.29, 1.82) is 0 Å². The van der Waals surface area contributed by atoms with Gasteiger partial charge < -0.3 is 25.3 Å². The van der Waals surface area contributed by atoms with Crippen molar-refractivity contribution in [3.63, 3.8) is 0 Å². The maximum Gasteiger partial charge on any atom is 0.164 e. The van der Waals surface area contributed by atoms with Crippen LogP contribution in [0.2, 0.25) is 0 Å². The summed E-state index contributed by atoms with van der Waals surface area (Å²) in [6.45, 7) is 1.23. The Labute approximate surface area is 95.5 Å². The predicted molar refractivity (Wildman–Crippen MR) is 63.6 cm³/mol. The molecule has 1 aromatic carbocycles. The largest absolute Gasteiger partial charge is 0.494 e. The molecule has 0 bridgehead atoms. The third-order valence-corrected chi connectivity index (χ3v) is 2.17. The molecule has 0 fully saturated rings. The van der Waals surface area contributed by atoms with E-state index in [0.29, 0.717) is 30.3 Å². The van der Waals surface area contributed by atoms with Gasteiger partial charge in [0.05, 0.1) is 27.0 Å². The van der Waals surface area contributed by atoms with Crippen molar-refractivity contribution in [2.24, 2.45) is 5.73 Å². The van der Waals surface area contributed by atoms with Gasteiger partial charge in [-0.1, -0.05) is 0 Å². The Morgan fingerprint density at radius 3 is 2.06 bits per heavy atom. The first-order valence-corrected chi connectivity index (χ1v) is 5.00. The summed E-state index contributed by atoms with van der Waals surface area (Å²) in [6.07, 6.45) is 0. The maximum atomic E-state index is 5.44. The number of ether oxygens (including phenoxy) is 3. The van der Waals surface area contributed by atoms with Crippen LogP contribution in [-0.4, -0.2) is 34.4 Å². The molecule has 0 amide bonds. The summed E-state index contributed by atoms with van der Waals surface area (Å²) in [5.74, 6) is 1.99. The van der Waals surface area contributed by atoms with E-state index in [9.17, 15) is 0 Å². The van der Waals surface area contributed by atoms with Crippen molar-refractivity contribution in [2.75, 3.05) is 39.7 Å². The van der Waals surface area contributed by atoms with Crippen molar-refractivity contribution in [3.05, 3.63) is 12.1 Å². The standard InChI is InChI=1S/C11H18N2O3/c1-14-9-7-11(16-3)10(15-2)6-8(9)13-5-4-12/h6-7,13H,4-5,12H2,1-3H3. The lowest BCUT2D eigenvalue weighted by Gasteiger charge is -2.14. The quantitative estimate of drug-likeness (QED) is 0.760. The summed E-state index contributed by atoms with van der Waals surface area (Å²) in [5.41, 5.74) is 6.27. The van der Waals surface area contributed by atoms with Crippen LogP contribution in [0, 0.1) is 0 Å². The van der Waals surface area contributed by atoms with Gasteiger partial charge in [-0.05, 0) is 0 Å². The van der Waals surface area contributed by atoms with E-state index in [-0.39, 0.29) is 0 Å². The van der Waals surface area contributed by atoms with E-state index in [2.05, 4.69) is 5.32 Å². The average molecular weight is 226 g/mol. The number of benzene rings is 1. The van der Waals surface area contributed by atoms with Gasteiger partial charge in [0.15, 0.2) is 11.5 Å². The minimum absolute atomic E-state index is 0.553. The minimum Gasteiger partial charge on any atom is -0.494 e. The second-order valence-electron chi connectivity index (χ2n) is 3.12. The SMILES string of the molecule is COc1cc(OC)c(OC)cc1NCCN. The highest BCUT2D eigenvalue weighted by atomic mass is 16.5. The van der Waals surface area contributed by atoms with Crippen LogP contribution in [0.15, 0.2) is 12.1 Å². The van der Waals surface area contributed by atoms with Gasteiger partial charge in [-0.2, -0.15) is 0 Å². The molecule has 1 rings (SSSR count). The third kappa shape index (κ3) is 2.70. The molecule has 5 heteroatoms. The molecular formula is C11H18N2O3. The van der Waals surface area contributed by atoms with Gasteiger partial charge >= 0.3 is 0 Å². The fraction of sp³-hybridized carbons (Fsp3) is 0.455. The molecule has 0 saturated carbocycles. The van der Waals surface area contributed by atoms with Crippen LogP contribution in [-0.2, 0) is 0 Å². The Hall–Kier alpha value is -1.62. The van der Waals surface area contributed by atoms with Crippen LogP contribution >= 0.6 is 0 Å². The topological polar surface area (TPSA) is 65.7 Å². The monoisotopic (exact) mass is 226 g/mol. The zero-order valence-electron chi connectivity index (χ0n) is 9.87. The highest BCUT2D eigenvalue weighted by Gasteiger charge is 2.10. The molecule has 0 spiro atoms. The van der Waals surface area contributed by atoms with Crippen LogP contribution in [0.4, 0.5) is 5.69 Å². The molecule has 90 valence electrons. The van der Waals surface area contributed by atoms with E-state index >= 15 is 0 Å². The van der Waals surface area contributed by atoms with Gasteiger partial charge in [-0.3, -0.25) is 0 Å². The van der Waals surface area contributed by atoms with Gasteiger partial charge in [0.25, 0.3) is 0 Å². The second kappa shape index (κ2) is 6.07. The first-order chi connectivity index (χ1) is 7.76. The van der Waals surface area contributed by atoms with Crippen LogP contribution in [0.3, 0.4) is 0 Å². The molecule has 16 heavy (non-hydrogen) atoms. The number of methoxy groups -OCH3 is 3. The second-order valence-corrected chi connectivity index (χ2v) is 3.12. The molecule has 0 aromatic heterocycles. The van der Waals surface area contributed by atoms with E-state index in [4.69, 9.17) is 19.9 Å². The molecule has 0 aliphatic heterocycles. The molecule has 0 unspecified atom stereocenters. The Bertz CT molecular complexity index is 342. The van der Waals surface area contributed by atoms with Crippen LogP contribution < -0.4 is 25.3 Å². The summed E-state index contributed by atoms with van der Waals surface area (Å²) in [7, 11) is 4.79. The molecule has 0 aliphatic carbocycles. The highest BCUT2D eigenvalue weighted by Crippen LogP contribution is 2.37. The van der Waals surface area contributed by atoms with Gasteiger partial charge in [0, 0.05) is 25.2 Å². The maximum absolute atomic E-state index is 5.44. The Morgan fingerprint density at radius 1 is 1.00 bits per heavy atom.